The van der Waals surface area contributed by atoms with Crippen molar-refractivity contribution in [3.63, 3.8) is 0 Å². The molecular formula is C16H26O. The lowest BCUT2D eigenvalue weighted by Crippen LogP contribution is -2.12. The molecule has 1 heteroatoms. The molecular weight excluding hydrogens is 208 g/mol. The van der Waals surface area contributed by atoms with Crippen LogP contribution in [0.3, 0.4) is 0 Å². The van der Waals surface area contributed by atoms with Crippen LogP contribution < -0.4 is 0 Å². The molecule has 0 fully saturated rings. The summed E-state index contributed by atoms with van der Waals surface area (Å²) >= 11 is 0. The number of aromatic hydroxyl groups is 1. The van der Waals surface area contributed by atoms with Crippen molar-refractivity contribution in [1.82, 2.24) is 0 Å². The third kappa shape index (κ3) is 4.41. The lowest BCUT2D eigenvalue weighted by atomic mass is 9.83. The van der Waals surface area contributed by atoms with Gasteiger partial charge in [-0.2, -0.15) is 0 Å². The third-order valence-electron chi connectivity index (χ3n) is 3.03. The maximum absolute atomic E-state index is 9.90. The Morgan fingerprint density at radius 3 is 2.06 bits per heavy atom. The molecule has 0 aromatic heterocycles. The minimum atomic E-state index is 0.00181. The van der Waals surface area contributed by atoms with Gasteiger partial charge in [0.05, 0.1) is 0 Å². The molecule has 0 spiro atoms. The van der Waals surface area contributed by atoms with Crippen molar-refractivity contribution in [2.45, 2.75) is 59.8 Å². The number of aryl methyl sites for hydroxylation is 1. The Kier molecular flexibility index (Phi) is 3.91. The SMILES string of the molecule is CC(C)(C)CCc1ccc(O)c(C(C)(C)C)c1. The van der Waals surface area contributed by atoms with Gasteiger partial charge in [0.1, 0.15) is 5.75 Å². The predicted molar refractivity (Wildman–Crippen MR) is 74.6 cm³/mol. The van der Waals surface area contributed by atoms with Crippen molar-refractivity contribution >= 4 is 0 Å². The van der Waals surface area contributed by atoms with Crippen LogP contribution in [0.15, 0.2) is 18.2 Å². The molecule has 96 valence electrons. The summed E-state index contributed by atoms with van der Waals surface area (Å²) < 4.78 is 0. The van der Waals surface area contributed by atoms with Crippen LogP contribution in [-0.4, -0.2) is 5.11 Å². The van der Waals surface area contributed by atoms with Gasteiger partial charge < -0.3 is 5.11 Å². The normalized spacial score (nSPS) is 12.8. The summed E-state index contributed by atoms with van der Waals surface area (Å²) in [5.41, 5.74) is 2.73. The van der Waals surface area contributed by atoms with E-state index in [1.807, 2.05) is 12.1 Å². The second-order valence-corrected chi connectivity index (χ2v) is 7.16. The van der Waals surface area contributed by atoms with E-state index in [2.05, 4.69) is 47.6 Å². The van der Waals surface area contributed by atoms with Crippen molar-refractivity contribution in [3.8, 4) is 5.75 Å². The quantitative estimate of drug-likeness (QED) is 0.788. The van der Waals surface area contributed by atoms with Gasteiger partial charge in [-0.3, -0.25) is 0 Å². The van der Waals surface area contributed by atoms with Gasteiger partial charge >= 0.3 is 0 Å². The van der Waals surface area contributed by atoms with Crippen molar-refractivity contribution in [1.29, 1.82) is 0 Å². The predicted octanol–water partition coefficient (Wildman–Crippen LogP) is 4.67. The fourth-order valence-electron chi connectivity index (χ4n) is 1.86. The lowest BCUT2D eigenvalue weighted by molar-refractivity contribution is 0.378. The summed E-state index contributed by atoms with van der Waals surface area (Å²) in [5.74, 6) is 0.414. The summed E-state index contributed by atoms with van der Waals surface area (Å²) in [6.45, 7) is 13.2. The standard InChI is InChI=1S/C16H26O/c1-15(2,3)10-9-12-7-8-14(17)13(11-12)16(4,5)6/h7-8,11,17H,9-10H2,1-6H3. The smallest absolute Gasteiger partial charge is 0.119 e. The summed E-state index contributed by atoms with van der Waals surface area (Å²) in [7, 11) is 0. The molecule has 0 saturated carbocycles. The lowest BCUT2D eigenvalue weighted by Gasteiger charge is -2.22. The van der Waals surface area contributed by atoms with E-state index < -0.39 is 0 Å². The van der Waals surface area contributed by atoms with Crippen molar-refractivity contribution in [2.75, 3.05) is 0 Å². The van der Waals surface area contributed by atoms with Gasteiger partial charge in [0.25, 0.3) is 0 Å². The highest BCUT2D eigenvalue weighted by atomic mass is 16.3. The van der Waals surface area contributed by atoms with Crippen LogP contribution in [0.2, 0.25) is 0 Å². The number of rotatable bonds is 2. The van der Waals surface area contributed by atoms with Crippen LogP contribution in [0.4, 0.5) is 0 Å². The third-order valence-corrected chi connectivity index (χ3v) is 3.03. The highest BCUT2D eigenvalue weighted by molar-refractivity contribution is 5.40. The molecule has 0 bridgehead atoms. The van der Waals surface area contributed by atoms with Crippen molar-refractivity contribution in [3.05, 3.63) is 29.3 Å². The number of hydrogen-bond acceptors (Lipinski definition) is 1. The zero-order valence-corrected chi connectivity index (χ0v) is 12.1. The Morgan fingerprint density at radius 2 is 1.59 bits per heavy atom. The topological polar surface area (TPSA) is 20.2 Å². The monoisotopic (exact) mass is 234 g/mol. The number of benzene rings is 1. The van der Waals surface area contributed by atoms with E-state index in [0.717, 1.165) is 12.0 Å². The fourth-order valence-corrected chi connectivity index (χ4v) is 1.86. The largest absolute Gasteiger partial charge is 0.508 e. The van der Waals surface area contributed by atoms with E-state index >= 15 is 0 Å². The molecule has 0 saturated heterocycles. The van der Waals surface area contributed by atoms with Crippen LogP contribution in [0, 0.1) is 5.41 Å². The fraction of sp³-hybridized carbons (Fsp3) is 0.625. The average molecular weight is 234 g/mol. The molecule has 1 aromatic carbocycles. The first-order chi connectivity index (χ1) is 7.59. The molecule has 0 heterocycles. The second kappa shape index (κ2) is 4.72. The Labute approximate surface area is 106 Å². The summed E-state index contributed by atoms with van der Waals surface area (Å²) in [6.07, 6.45) is 2.24. The molecule has 0 amide bonds. The van der Waals surface area contributed by atoms with Gasteiger partial charge in [-0.15, -0.1) is 0 Å². The van der Waals surface area contributed by atoms with Crippen LogP contribution in [0.1, 0.15) is 59.1 Å². The first-order valence-electron chi connectivity index (χ1n) is 6.42. The minimum absolute atomic E-state index is 0.00181. The Bertz CT molecular complexity index is 377. The van der Waals surface area contributed by atoms with Gasteiger partial charge in [-0.1, -0.05) is 53.7 Å². The highest BCUT2D eigenvalue weighted by Gasteiger charge is 2.18. The molecule has 1 nitrogen and oxygen atoms in total. The molecule has 1 rings (SSSR count). The van der Waals surface area contributed by atoms with E-state index in [-0.39, 0.29) is 5.41 Å². The second-order valence-electron chi connectivity index (χ2n) is 7.16. The molecule has 17 heavy (non-hydrogen) atoms. The van der Waals surface area contributed by atoms with Crippen LogP contribution in [0.5, 0.6) is 5.75 Å². The molecule has 0 aliphatic heterocycles. The minimum Gasteiger partial charge on any atom is -0.508 e. The first-order valence-corrected chi connectivity index (χ1v) is 6.42. The zero-order chi connectivity index (χ0) is 13.3. The molecule has 0 atom stereocenters. The molecule has 1 aromatic rings. The maximum Gasteiger partial charge on any atom is 0.119 e. The van der Waals surface area contributed by atoms with Gasteiger partial charge in [-0.05, 0) is 40.9 Å². The summed E-state index contributed by atoms with van der Waals surface area (Å²) in [4.78, 5) is 0. The zero-order valence-electron chi connectivity index (χ0n) is 12.1. The van der Waals surface area contributed by atoms with E-state index in [4.69, 9.17) is 0 Å². The molecule has 0 aliphatic rings. The first kappa shape index (κ1) is 14.1. The molecule has 0 aliphatic carbocycles. The van der Waals surface area contributed by atoms with Gasteiger partial charge in [0.15, 0.2) is 0 Å². The van der Waals surface area contributed by atoms with E-state index in [0.29, 0.717) is 11.2 Å². The van der Waals surface area contributed by atoms with Crippen LogP contribution in [0.25, 0.3) is 0 Å². The number of phenols is 1. The molecule has 1 N–H and O–H groups in total. The van der Waals surface area contributed by atoms with E-state index in [1.54, 1.807) is 0 Å². The highest BCUT2D eigenvalue weighted by Crippen LogP contribution is 2.32. The summed E-state index contributed by atoms with van der Waals surface area (Å²) in [6, 6.07) is 6.02. The van der Waals surface area contributed by atoms with Gasteiger partial charge in [-0.25, -0.2) is 0 Å². The van der Waals surface area contributed by atoms with Crippen LogP contribution >= 0.6 is 0 Å². The Hall–Kier alpha value is -0.980. The number of hydrogen-bond donors (Lipinski definition) is 1. The van der Waals surface area contributed by atoms with E-state index in [1.165, 1.54) is 12.0 Å². The van der Waals surface area contributed by atoms with Gasteiger partial charge in [0, 0.05) is 0 Å². The molecule has 0 unspecified atom stereocenters. The van der Waals surface area contributed by atoms with E-state index in [9.17, 15) is 5.11 Å². The molecule has 0 radical (unpaired) electrons. The maximum atomic E-state index is 9.90. The average Bonchev–Trinajstić information content (AvgIpc) is 2.13. The van der Waals surface area contributed by atoms with Crippen LogP contribution in [-0.2, 0) is 11.8 Å². The number of phenolic OH excluding ortho intramolecular Hbond substituents is 1. The van der Waals surface area contributed by atoms with Crippen molar-refractivity contribution < 1.29 is 5.11 Å². The van der Waals surface area contributed by atoms with Crippen molar-refractivity contribution in [2.24, 2.45) is 5.41 Å². The Balaban J connectivity index is 2.90. The summed E-state index contributed by atoms with van der Waals surface area (Å²) in [5, 5.41) is 9.90. The Morgan fingerprint density at radius 1 is 1.00 bits per heavy atom. The van der Waals surface area contributed by atoms with Gasteiger partial charge in [0.2, 0.25) is 0 Å².